The molecule has 2 atom stereocenters. The van der Waals surface area contributed by atoms with Crippen molar-refractivity contribution < 1.29 is 9.90 Å². The van der Waals surface area contributed by atoms with E-state index in [1.165, 1.54) is 5.56 Å². The van der Waals surface area contributed by atoms with Gasteiger partial charge in [0.15, 0.2) is 0 Å². The first-order chi connectivity index (χ1) is 13.1. The summed E-state index contributed by atoms with van der Waals surface area (Å²) >= 11 is 0. The highest BCUT2D eigenvalue weighted by atomic mass is 16.3. The Morgan fingerprint density at radius 2 is 1.96 bits per heavy atom. The average molecular weight is 361 g/mol. The molecule has 0 radical (unpaired) electrons. The van der Waals surface area contributed by atoms with Crippen molar-refractivity contribution in [3.63, 3.8) is 0 Å². The van der Waals surface area contributed by atoms with Gasteiger partial charge in [0.05, 0.1) is 22.9 Å². The van der Waals surface area contributed by atoms with Crippen molar-refractivity contribution >= 4 is 16.8 Å². The fourth-order valence-electron chi connectivity index (χ4n) is 3.48. The molecule has 5 nitrogen and oxygen atoms in total. The molecule has 1 aromatic heterocycles. The molecule has 4 rings (SSSR count). The zero-order valence-corrected chi connectivity index (χ0v) is 15.3. The second-order valence-electron chi connectivity index (χ2n) is 7.13. The van der Waals surface area contributed by atoms with Gasteiger partial charge in [-0.2, -0.15) is 0 Å². The number of fused-ring (bicyclic) bond motifs is 1. The number of β-amino-alcohol motifs (C(OH)–C–C–N with tert-alkyl or cyclic N) is 1. The number of nitrogens with one attached hydrogen (secondary N) is 2. The van der Waals surface area contributed by atoms with Crippen LogP contribution in [0.5, 0.6) is 0 Å². The van der Waals surface area contributed by atoms with E-state index in [9.17, 15) is 9.90 Å². The quantitative estimate of drug-likeness (QED) is 0.668. The maximum atomic E-state index is 12.9. The number of carbonyl (C=O) groups is 1. The molecule has 1 fully saturated rings. The summed E-state index contributed by atoms with van der Waals surface area (Å²) in [5.74, 6) is -0.0975. The number of benzene rings is 2. The largest absolute Gasteiger partial charge is 0.391 e. The molecule has 3 N–H and O–H groups in total. The smallest absolute Gasteiger partial charge is 0.252 e. The van der Waals surface area contributed by atoms with Crippen LogP contribution in [0.4, 0.5) is 0 Å². The second-order valence-corrected chi connectivity index (χ2v) is 7.13. The third-order valence-corrected chi connectivity index (χ3v) is 5.14. The van der Waals surface area contributed by atoms with Gasteiger partial charge < -0.3 is 15.7 Å². The van der Waals surface area contributed by atoms with E-state index in [2.05, 4.69) is 10.6 Å². The van der Waals surface area contributed by atoms with Crippen molar-refractivity contribution in [3.8, 4) is 11.3 Å². The fraction of sp³-hybridized carbons (Fsp3) is 0.273. The van der Waals surface area contributed by atoms with Crippen LogP contribution in [0.2, 0.25) is 0 Å². The van der Waals surface area contributed by atoms with Crippen LogP contribution in [0.15, 0.2) is 54.6 Å². The number of hydrogen-bond donors (Lipinski definition) is 3. The Hall–Kier alpha value is -2.76. The van der Waals surface area contributed by atoms with E-state index < -0.39 is 6.10 Å². The summed E-state index contributed by atoms with van der Waals surface area (Å²) in [5, 5.41) is 16.9. The number of aryl methyl sites for hydroxylation is 1. The molecule has 1 amide bonds. The first-order valence-electron chi connectivity index (χ1n) is 9.25. The molecule has 0 spiro atoms. The van der Waals surface area contributed by atoms with E-state index in [0.717, 1.165) is 22.2 Å². The summed E-state index contributed by atoms with van der Waals surface area (Å²) in [7, 11) is 0. The molecule has 3 aromatic rings. The minimum atomic E-state index is -0.414. The van der Waals surface area contributed by atoms with Crippen molar-refractivity contribution in [2.75, 3.05) is 19.6 Å². The maximum absolute atomic E-state index is 12.9. The van der Waals surface area contributed by atoms with Crippen molar-refractivity contribution in [2.45, 2.75) is 13.0 Å². The molecule has 1 aliphatic rings. The van der Waals surface area contributed by atoms with Gasteiger partial charge in [0.2, 0.25) is 0 Å². The van der Waals surface area contributed by atoms with E-state index in [1.54, 1.807) is 0 Å². The first-order valence-corrected chi connectivity index (χ1v) is 9.25. The molecule has 1 aliphatic heterocycles. The number of rotatable bonds is 4. The van der Waals surface area contributed by atoms with Gasteiger partial charge in [-0.05, 0) is 19.1 Å². The molecule has 2 unspecified atom stereocenters. The number of para-hydroxylation sites is 1. The van der Waals surface area contributed by atoms with Gasteiger partial charge in [-0.15, -0.1) is 0 Å². The Balaban J connectivity index is 1.67. The van der Waals surface area contributed by atoms with Crippen LogP contribution in [0.1, 0.15) is 15.9 Å². The lowest BCUT2D eigenvalue weighted by Gasteiger charge is -2.15. The van der Waals surface area contributed by atoms with Crippen LogP contribution < -0.4 is 10.6 Å². The second kappa shape index (κ2) is 7.47. The highest BCUT2D eigenvalue weighted by Crippen LogP contribution is 2.25. The van der Waals surface area contributed by atoms with E-state index in [4.69, 9.17) is 4.98 Å². The average Bonchev–Trinajstić information content (AvgIpc) is 3.10. The van der Waals surface area contributed by atoms with Gasteiger partial charge in [0, 0.05) is 36.5 Å². The SMILES string of the molecule is Cc1ccc(-c2cc(C(=O)NCC3CNCC3O)c3ccccc3n2)cc1. The first kappa shape index (κ1) is 17.6. The van der Waals surface area contributed by atoms with Crippen LogP contribution in [-0.4, -0.2) is 41.7 Å². The predicted octanol–water partition coefficient (Wildman–Crippen LogP) is 2.52. The number of aliphatic hydroxyl groups is 1. The van der Waals surface area contributed by atoms with Gasteiger partial charge in [-0.1, -0.05) is 48.0 Å². The normalized spacial score (nSPS) is 19.3. The highest BCUT2D eigenvalue weighted by Gasteiger charge is 2.25. The molecule has 1 saturated heterocycles. The summed E-state index contributed by atoms with van der Waals surface area (Å²) in [6, 6.07) is 17.7. The molecular weight excluding hydrogens is 338 g/mol. The molecule has 0 bridgehead atoms. The molecule has 138 valence electrons. The third kappa shape index (κ3) is 3.70. The maximum Gasteiger partial charge on any atom is 0.252 e. The zero-order chi connectivity index (χ0) is 18.8. The van der Waals surface area contributed by atoms with Gasteiger partial charge in [-0.3, -0.25) is 4.79 Å². The number of hydrogen-bond acceptors (Lipinski definition) is 4. The van der Waals surface area contributed by atoms with Gasteiger partial charge >= 0.3 is 0 Å². The van der Waals surface area contributed by atoms with Crippen LogP contribution in [0, 0.1) is 12.8 Å². The lowest BCUT2D eigenvalue weighted by Crippen LogP contribution is -2.34. The Morgan fingerprint density at radius 3 is 2.70 bits per heavy atom. The van der Waals surface area contributed by atoms with Gasteiger partial charge in [0.1, 0.15) is 0 Å². The number of amides is 1. The van der Waals surface area contributed by atoms with Crippen LogP contribution in [0.25, 0.3) is 22.2 Å². The standard InChI is InChI=1S/C22H23N3O2/c1-14-6-8-15(9-7-14)20-10-18(17-4-2-3-5-19(17)25-20)22(27)24-12-16-11-23-13-21(16)26/h2-10,16,21,23,26H,11-13H2,1H3,(H,24,27). The Morgan fingerprint density at radius 1 is 1.19 bits per heavy atom. The summed E-state index contributed by atoms with van der Waals surface area (Å²) in [5.41, 5.74) is 4.35. The Kier molecular flexibility index (Phi) is 4.88. The van der Waals surface area contributed by atoms with Gasteiger partial charge in [-0.25, -0.2) is 4.98 Å². The van der Waals surface area contributed by atoms with Gasteiger partial charge in [0.25, 0.3) is 5.91 Å². The molecular formula is C22H23N3O2. The summed E-state index contributed by atoms with van der Waals surface area (Å²) in [4.78, 5) is 17.7. The molecule has 0 aliphatic carbocycles. The minimum Gasteiger partial charge on any atom is -0.391 e. The van der Waals surface area contributed by atoms with E-state index in [0.29, 0.717) is 25.2 Å². The predicted molar refractivity (Wildman–Crippen MR) is 107 cm³/mol. The van der Waals surface area contributed by atoms with Crippen LogP contribution in [0.3, 0.4) is 0 Å². The van der Waals surface area contributed by atoms with E-state index >= 15 is 0 Å². The topological polar surface area (TPSA) is 74.2 Å². The van der Waals surface area contributed by atoms with E-state index in [-0.39, 0.29) is 11.8 Å². The lowest BCUT2D eigenvalue weighted by molar-refractivity contribution is 0.0928. The van der Waals surface area contributed by atoms with Crippen molar-refractivity contribution in [2.24, 2.45) is 5.92 Å². The number of aliphatic hydroxyl groups excluding tert-OH is 1. The molecule has 0 saturated carbocycles. The Bertz CT molecular complexity index is 969. The van der Waals surface area contributed by atoms with Crippen molar-refractivity contribution in [3.05, 3.63) is 65.7 Å². The van der Waals surface area contributed by atoms with Crippen molar-refractivity contribution in [1.82, 2.24) is 15.6 Å². The van der Waals surface area contributed by atoms with Crippen LogP contribution >= 0.6 is 0 Å². The molecule has 2 aromatic carbocycles. The summed E-state index contributed by atoms with van der Waals surface area (Å²) in [6.45, 7) is 3.79. The molecule has 2 heterocycles. The molecule has 5 heteroatoms. The van der Waals surface area contributed by atoms with Crippen LogP contribution in [-0.2, 0) is 0 Å². The number of pyridine rings is 1. The third-order valence-electron chi connectivity index (χ3n) is 5.14. The fourth-order valence-corrected chi connectivity index (χ4v) is 3.48. The van der Waals surface area contributed by atoms with E-state index in [1.807, 2.05) is 61.5 Å². The number of nitrogens with zero attached hydrogens (tertiary/aromatic N) is 1. The summed E-state index contributed by atoms with van der Waals surface area (Å²) < 4.78 is 0. The number of carbonyl (C=O) groups excluding carboxylic acids is 1. The summed E-state index contributed by atoms with van der Waals surface area (Å²) in [6.07, 6.45) is -0.414. The monoisotopic (exact) mass is 361 g/mol. The van der Waals surface area contributed by atoms with Crippen molar-refractivity contribution in [1.29, 1.82) is 0 Å². The highest BCUT2D eigenvalue weighted by molar-refractivity contribution is 6.07. The Labute approximate surface area is 158 Å². The zero-order valence-electron chi connectivity index (χ0n) is 15.3. The lowest BCUT2D eigenvalue weighted by atomic mass is 10.0. The number of aromatic nitrogens is 1. The molecule has 27 heavy (non-hydrogen) atoms. The minimum absolute atomic E-state index is 0.0404.